The van der Waals surface area contributed by atoms with Crippen molar-refractivity contribution in [2.75, 3.05) is 0 Å². The third-order valence-electron chi connectivity index (χ3n) is 5.54. The van der Waals surface area contributed by atoms with Crippen LogP contribution in [0.4, 0.5) is 0 Å². The van der Waals surface area contributed by atoms with Gasteiger partial charge in [-0.2, -0.15) is 0 Å². The third-order valence-corrected chi connectivity index (χ3v) is 9.97. The van der Waals surface area contributed by atoms with Crippen molar-refractivity contribution >= 4 is 20.6 Å². The Hall–Kier alpha value is -2.00. The summed E-state index contributed by atoms with van der Waals surface area (Å²) in [6.07, 6.45) is 2.23. The summed E-state index contributed by atoms with van der Waals surface area (Å²) in [6.45, 7) is 4.37. The lowest BCUT2D eigenvalue weighted by atomic mass is 9.78. The van der Waals surface area contributed by atoms with Crippen LogP contribution in [0.5, 0.6) is 0 Å². The molecule has 0 spiro atoms. The first-order valence-electron chi connectivity index (χ1n) is 8.11. The summed E-state index contributed by atoms with van der Waals surface area (Å²) in [5.74, 6) is 0.181. The van der Waals surface area contributed by atoms with Gasteiger partial charge >= 0.3 is 0 Å². The molecule has 118 valence electrons. The summed E-state index contributed by atoms with van der Waals surface area (Å²) in [5, 5.41) is 0. The molecule has 23 heavy (non-hydrogen) atoms. The van der Waals surface area contributed by atoms with Crippen molar-refractivity contribution in [3.63, 3.8) is 0 Å². The van der Waals surface area contributed by atoms with Crippen molar-refractivity contribution in [2.45, 2.75) is 36.0 Å². The zero-order chi connectivity index (χ0) is 16.4. The van der Waals surface area contributed by atoms with Crippen molar-refractivity contribution in [1.29, 1.82) is 0 Å². The van der Waals surface area contributed by atoms with E-state index in [1.807, 2.05) is 36.4 Å². The van der Waals surface area contributed by atoms with Crippen LogP contribution in [-0.2, 0) is 9.59 Å². The van der Waals surface area contributed by atoms with Crippen LogP contribution in [0, 0.1) is 0 Å². The fourth-order valence-corrected chi connectivity index (χ4v) is 8.09. The average Bonchev–Trinajstić information content (AvgIpc) is 2.82. The zero-order valence-corrected chi connectivity index (χ0v) is 14.6. The molecule has 0 aliphatic carbocycles. The van der Waals surface area contributed by atoms with Gasteiger partial charge in [0.25, 0.3) is 0 Å². The maximum Gasteiger partial charge on any atom is 0.121 e. The second-order valence-corrected chi connectivity index (χ2v) is 12.0. The number of hydrogen-bond donors (Lipinski definition) is 0. The Morgan fingerprint density at radius 3 is 1.35 bits per heavy atom. The quantitative estimate of drug-likeness (QED) is 0.617. The van der Waals surface area contributed by atoms with E-state index in [9.17, 15) is 9.59 Å². The molecule has 2 aromatic carbocycles. The van der Waals surface area contributed by atoms with E-state index in [-0.39, 0.29) is 22.9 Å². The van der Waals surface area contributed by atoms with Crippen LogP contribution in [0.2, 0.25) is 24.2 Å². The van der Waals surface area contributed by atoms with Gasteiger partial charge in [-0.25, -0.2) is 0 Å². The van der Waals surface area contributed by atoms with Crippen molar-refractivity contribution in [1.82, 2.24) is 0 Å². The number of carbonyl (C=O) groups excluding carboxylic acids is 2. The van der Waals surface area contributed by atoms with E-state index in [2.05, 4.69) is 37.4 Å². The fraction of sp³-hybridized carbons (Fsp3) is 0.300. The molecule has 1 heterocycles. The van der Waals surface area contributed by atoms with Gasteiger partial charge in [0.2, 0.25) is 0 Å². The van der Waals surface area contributed by atoms with E-state index >= 15 is 0 Å². The minimum Gasteiger partial charge on any atom is -0.303 e. The molecule has 0 aromatic heterocycles. The molecule has 0 radical (unpaired) electrons. The van der Waals surface area contributed by atoms with Gasteiger partial charge in [0.1, 0.15) is 12.6 Å². The standard InChI is InChI=1S/C20H22O2Si/c1-23(2)17(13-21)19(15-9-5-3-6-10-15)20(18(23)14-22)16-11-7-4-8-12-16/h3-14,17-20H,1-2H3. The molecule has 2 nitrogen and oxygen atoms in total. The van der Waals surface area contributed by atoms with Crippen LogP contribution < -0.4 is 0 Å². The summed E-state index contributed by atoms with van der Waals surface area (Å²) in [5.41, 5.74) is 2.27. The maximum atomic E-state index is 12.0. The zero-order valence-electron chi connectivity index (χ0n) is 13.6. The molecule has 0 amide bonds. The van der Waals surface area contributed by atoms with Crippen molar-refractivity contribution in [3.05, 3.63) is 71.8 Å². The highest BCUT2D eigenvalue weighted by atomic mass is 28.3. The van der Waals surface area contributed by atoms with Gasteiger partial charge in [0.15, 0.2) is 0 Å². The van der Waals surface area contributed by atoms with E-state index in [1.165, 1.54) is 11.1 Å². The molecule has 2 aromatic rings. The maximum absolute atomic E-state index is 12.0. The second-order valence-electron chi connectivity index (χ2n) is 7.02. The number of carbonyl (C=O) groups is 2. The number of benzene rings is 2. The fourth-order valence-electron chi connectivity index (χ4n) is 4.29. The molecule has 0 saturated carbocycles. The molecule has 4 atom stereocenters. The first kappa shape index (κ1) is 15.9. The summed E-state index contributed by atoms with van der Waals surface area (Å²) in [6, 6.07) is 20.4. The summed E-state index contributed by atoms with van der Waals surface area (Å²) in [4.78, 5) is 23.9. The highest BCUT2D eigenvalue weighted by molar-refractivity contribution is 6.85. The van der Waals surface area contributed by atoms with Crippen LogP contribution in [0.1, 0.15) is 23.0 Å². The molecule has 1 aliphatic rings. The van der Waals surface area contributed by atoms with Crippen molar-refractivity contribution < 1.29 is 9.59 Å². The molecule has 0 N–H and O–H groups in total. The van der Waals surface area contributed by atoms with Gasteiger partial charge in [-0.1, -0.05) is 73.8 Å². The lowest BCUT2D eigenvalue weighted by Crippen LogP contribution is -2.35. The Morgan fingerprint density at radius 2 is 1.04 bits per heavy atom. The minimum atomic E-state index is -2.03. The van der Waals surface area contributed by atoms with Crippen LogP contribution in [0.25, 0.3) is 0 Å². The van der Waals surface area contributed by atoms with E-state index in [4.69, 9.17) is 0 Å². The van der Waals surface area contributed by atoms with Crippen LogP contribution >= 0.6 is 0 Å². The molecule has 4 unspecified atom stereocenters. The highest BCUT2D eigenvalue weighted by Crippen LogP contribution is 2.61. The Bertz CT molecular complexity index is 622. The number of rotatable bonds is 4. The summed E-state index contributed by atoms with van der Waals surface area (Å²) >= 11 is 0. The molecule has 1 fully saturated rings. The molecule has 3 rings (SSSR count). The SMILES string of the molecule is C[Si]1(C)C(C=O)C(c2ccccc2)C(c2ccccc2)C1C=O. The Labute approximate surface area is 138 Å². The summed E-state index contributed by atoms with van der Waals surface area (Å²) < 4.78 is 0. The van der Waals surface area contributed by atoms with Gasteiger partial charge in [0.05, 0.1) is 8.07 Å². The van der Waals surface area contributed by atoms with Crippen molar-refractivity contribution in [2.24, 2.45) is 0 Å². The average molecular weight is 322 g/mol. The van der Waals surface area contributed by atoms with E-state index in [0.29, 0.717) is 0 Å². The van der Waals surface area contributed by atoms with E-state index in [1.54, 1.807) is 0 Å². The molecular formula is C20H22O2Si. The predicted octanol–water partition coefficient (Wildman–Crippen LogP) is 4.41. The van der Waals surface area contributed by atoms with Crippen LogP contribution in [0.15, 0.2) is 60.7 Å². The third kappa shape index (κ3) is 2.59. The lowest BCUT2D eigenvalue weighted by molar-refractivity contribution is -0.109. The van der Waals surface area contributed by atoms with Gasteiger partial charge in [-0.3, -0.25) is 0 Å². The van der Waals surface area contributed by atoms with Crippen LogP contribution in [0.3, 0.4) is 0 Å². The Kier molecular flexibility index (Phi) is 4.31. The van der Waals surface area contributed by atoms with E-state index < -0.39 is 8.07 Å². The highest BCUT2D eigenvalue weighted by Gasteiger charge is 2.57. The minimum absolute atomic E-state index is 0.0368. The van der Waals surface area contributed by atoms with E-state index in [0.717, 1.165) is 12.6 Å². The van der Waals surface area contributed by atoms with Gasteiger partial charge in [-0.15, -0.1) is 0 Å². The number of hydrogen-bond acceptors (Lipinski definition) is 2. The predicted molar refractivity (Wildman–Crippen MR) is 95.5 cm³/mol. The molecule has 3 heteroatoms. The monoisotopic (exact) mass is 322 g/mol. The van der Waals surface area contributed by atoms with Gasteiger partial charge in [-0.05, 0) is 23.0 Å². The van der Waals surface area contributed by atoms with Crippen molar-refractivity contribution in [3.8, 4) is 0 Å². The normalized spacial score (nSPS) is 29.1. The molecule has 1 saturated heterocycles. The van der Waals surface area contributed by atoms with Gasteiger partial charge < -0.3 is 9.59 Å². The number of aldehydes is 2. The molecule has 0 bridgehead atoms. The van der Waals surface area contributed by atoms with Gasteiger partial charge in [0, 0.05) is 11.1 Å². The molecular weight excluding hydrogens is 300 g/mol. The summed E-state index contributed by atoms with van der Waals surface area (Å²) in [7, 11) is -2.03. The van der Waals surface area contributed by atoms with Crippen LogP contribution in [-0.4, -0.2) is 20.6 Å². The smallest absolute Gasteiger partial charge is 0.121 e. The first-order chi connectivity index (χ1) is 11.1. The lowest BCUT2D eigenvalue weighted by Gasteiger charge is -2.26. The first-order valence-corrected chi connectivity index (χ1v) is 11.3. The largest absolute Gasteiger partial charge is 0.303 e. The Morgan fingerprint density at radius 1 is 0.696 bits per heavy atom. The molecule has 1 aliphatic heterocycles. The second kappa shape index (κ2) is 6.24. The topological polar surface area (TPSA) is 34.1 Å². The Balaban J connectivity index is 2.18.